The fourth-order valence-corrected chi connectivity index (χ4v) is 3.72. The lowest BCUT2D eigenvalue weighted by Gasteiger charge is -2.21. The second-order valence-corrected chi connectivity index (χ2v) is 7.92. The predicted molar refractivity (Wildman–Crippen MR) is 101 cm³/mol. The number of amides is 1. The number of aryl methyl sites for hydroxylation is 1. The zero-order valence-corrected chi connectivity index (χ0v) is 16.3. The summed E-state index contributed by atoms with van der Waals surface area (Å²) < 4.78 is 65.8. The Morgan fingerprint density at radius 1 is 1.14 bits per heavy atom. The molecule has 0 heterocycles. The smallest absolute Gasteiger partial charge is 0.261 e. The van der Waals surface area contributed by atoms with Gasteiger partial charge in [0.15, 0.2) is 0 Å². The molecule has 1 N–H and O–H groups in total. The van der Waals surface area contributed by atoms with Crippen molar-refractivity contribution in [1.82, 2.24) is 4.90 Å². The molecule has 5 nitrogen and oxygen atoms in total. The topological polar surface area (TPSA) is 66.5 Å². The highest BCUT2D eigenvalue weighted by Crippen LogP contribution is 2.19. The molecule has 0 saturated carbocycles. The molecule has 1 amide bonds. The number of benzene rings is 2. The third kappa shape index (κ3) is 5.48. The molecule has 2 aromatic rings. The average molecular weight is 414 g/mol. The van der Waals surface area contributed by atoms with Crippen LogP contribution in [-0.4, -0.2) is 38.7 Å². The van der Waals surface area contributed by atoms with Crippen molar-refractivity contribution < 1.29 is 26.4 Å². The molecule has 28 heavy (non-hydrogen) atoms. The highest BCUT2D eigenvalue weighted by molar-refractivity contribution is 7.92. The molecule has 2 rings (SSSR count). The number of anilines is 1. The van der Waals surface area contributed by atoms with Crippen molar-refractivity contribution in [3.05, 3.63) is 59.4 Å². The van der Waals surface area contributed by atoms with Gasteiger partial charge in [-0.25, -0.2) is 21.6 Å². The van der Waals surface area contributed by atoms with Crippen molar-refractivity contribution in [3.8, 4) is 0 Å². The van der Waals surface area contributed by atoms with E-state index in [-0.39, 0.29) is 28.3 Å². The molecule has 0 saturated heterocycles. The third-order valence-corrected chi connectivity index (χ3v) is 5.34. The number of hydrogen-bond donors (Lipinski definition) is 1. The van der Waals surface area contributed by atoms with E-state index in [1.807, 2.05) is 0 Å². The van der Waals surface area contributed by atoms with Crippen LogP contribution in [0.3, 0.4) is 0 Å². The summed E-state index contributed by atoms with van der Waals surface area (Å²) in [5.74, 6) is -1.06. The fraction of sp³-hybridized carbons (Fsp3) is 0.316. The summed E-state index contributed by atoms with van der Waals surface area (Å²) in [6.07, 6.45) is -2.10. The Hall–Kier alpha value is -2.55. The Labute approximate surface area is 162 Å². The molecule has 0 aliphatic heterocycles. The Bertz CT molecular complexity index is 932. The zero-order chi connectivity index (χ0) is 20.9. The highest BCUT2D eigenvalue weighted by Gasteiger charge is 2.20. The van der Waals surface area contributed by atoms with E-state index < -0.39 is 34.7 Å². The average Bonchev–Trinajstić information content (AvgIpc) is 2.63. The maximum Gasteiger partial charge on any atom is 0.261 e. The monoisotopic (exact) mass is 414 g/mol. The van der Waals surface area contributed by atoms with Gasteiger partial charge < -0.3 is 4.90 Å². The first-order chi connectivity index (χ1) is 13.1. The minimum atomic E-state index is -3.94. The first kappa shape index (κ1) is 21.7. The fourth-order valence-electron chi connectivity index (χ4n) is 2.57. The number of rotatable bonds is 8. The molecule has 2 aromatic carbocycles. The lowest BCUT2D eigenvalue weighted by molar-refractivity contribution is 0.0555. The van der Waals surface area contributed by atoms with Gasteiger partial charge in [-0.15, -0.1) is 0 Å². The molecule has 0 radical (unpaired) electrons. The van der Waals surface area contributed by atoms with Crippen LogP contribution in [0.5, 0.6) is 0 Å². The van der Waals surface area contributed by atoms with Gasteiger partial charge in [-0.2, -0.15) is 0 Å². The van der Waals surface area contributed by atoms with E-state index in [1.54, 1.807) is 6.92 Å². The predicted octanol–water partition coefficient (Wildman–Crippen LogP) is 4.05. The molecular formula is C19H21F3N2O3S. The van der Waals surface area contributed by atoms with E-state index in [9.17, 15) is 26.4 Å². The maximum absolute atomic E-state index is 13.3. The van der Waals surface area contributed by atoms with Crippen LogP contribution in [0.1, 0.15) is 29.3 Å². The Morgan fingerprint density at radius 3 is 2.32 bits per heavy atom. The van der Waals surface area contributed by atoms with Gasteiger partial charge in [0.05, 0.1) is 11.4 Å². The van der Waals surface area contributed by atoms with Crippen LogP contribution < -0.4 is 4.72 Å². The number of nitrogens with one attached hydrogen (secondary N) is 1. The SMILES string of the molecule is CCCN(CC(F)F)C(=O)c1ccc(NS(=O)(=O)c2ccc(F)c(C)c2)cc1. The lowest BCUT2D eigenvalue weighted by Crippen LogP contribution is -2.35. The van der Waals surface area contributed by atoms with Crippen LogP contribution in [0, 0.1) is 12.7 Å². The minimum absolute atomic E-state index is 0.0994. The summed E-state index contributed by atoms with van der Waals surface area (Å²) in [6.45, 7) is 2.77. The van der Waals surface area contributed by atoms with Gasteiger partial charge in [0.2, 0.25) is 0 Å². The molecule has 0 fully saturated rings. The second kappa shape index (κ2) is 9.09. The van der Waals surface area contributed by atoms with E-state index in [4.69, 9.17) is 0 Å². The van der Waals surface area contributed by atoms with Crippen molar-refractivity contribution in [2.75, 3.05) is 17.8 Å². The van der Waals surface area contributed by atoms with E-state index in [1.165, 1.54) is 37.3 Å². The number of sulfonamides is 1. The molecule has 0 unspecified atom stereocenters. The van der Waals surface area contributed by atoms with E-state index in [0.29, 0.717) is 6.42 Å². The van der Waals surface area contributed by atoms with Gasteiger partial charge in [-0.3, -0.25) is 9.52 Å². The molecule has 0 atom stereocenters. The molecule has 0 aromatic heterocycles. The van der Waals surface area contributed by atoms with Crippen molar-refractivity contribution in [2.45, 2.75) is 31.6 Å². The van der Waals surface area contributed by atoms with Crippen molar-refractivity contribution in [2.24, 2.45) is 0 Å². The van der Waals surface area contributed by atoms with Crippen LogP contribution in [-0.2, 0) is 10.0 Å². The van der Waals surface area contributed by atoms with E-state index in [0.717, 1.165) is 17.0 Å². The van der Waals surface area contributed by atoms with Crippen molar-refractivity contribution in [1.29, 1.82) is 0 Å². The largest absolute Gasteiger partial charge is 0.333 e. The Morgan fingerprint density at radius 2 is 1.79 bits per heavy atom. The minimum Gasteiger partial charge on any atom is -0.333 e. The normalized spacial score (nSPS) is 11.5. The summed E-state index contributed by atoms with van der Waals surface area (Å²) in [5.41, 5.74) is 0.558. The third-order valence-electron chi connectivity index (χ3n) is 3.96. The van der Waals surface area contributed by atoms with Crippen LogP contribution in [0.15, 0.2) is 47.4 Å². The number of hydrogen-bond acceptors (Lipinski definition) is 3. The summed E-state index contributed by atoms with van der Waals surface area (Å²) in [6, 6.07) is 8.89. The first-order valence-electron chi connectivity index (χ1n) is 8.60. The molecular weight excluding hydrogens is 393 g/mol. The zero-order valence-electron chi connectivity index (χ0n) is 15.5. The van der Waals surface area contributed by atoms with Gasteiger partial charge in [-0.1, -0.05) is 6.92 Å². The molecule has 0 spiro atoms. The molecule has 9 heteroatoms. The summed E-state index contributed by atoms with van der Waals surface area (Å²) >= 11 is 0. The van der Waals surface area contributed by atoms with Gasteiger partial charge in [0.25, 0.3) is 22.4 Å². The summed E-state index contributed by atoms with van der Waals surface area (Å²) in [5, 5.41) is 0. The highest BCUT2D eigenvalue weighted by atomic mass is 32.2. The summed E-state index contributed by atoms with van der Waals surface area (Å²) in [7, 11) is -3.94. The van der Waals surface area contributed by atoms with E-state index in [2.05, 4.69) is 4.72 Å². The first-order valence-corrected chi connectivity index (χ1v) is 10.1. The van der Waals surface area contributed by atoms with Gasteiger partial charge in [0.1, 0.15) is 5.82 Å². The number of carbonyl (C=O) groups is 1. The molecule has 0 aliphatic carbocycles. The molecule has 152 valence electrons. The van der Waals surface area contributed by atoms with Gasteiger partial charge in [0, 0.05) is 17.8 Å². The maximum atomic E-state index is 13.3. The molecule has 0 aliphatic rings. The van der Waals surface area contributed by atoms with Gasteiger partial charge in [-0.05, 0) is 61.4 Å². The van der Waals surface area contributed by atoms with E-state index >= 15 is 0 Å². The van der Waals surface area contributed by atoms with Crippen LogP contribution in [0.4, 0.5) is 18.9 Å². The lowest BCUT2D eigenvalue weighted by atomic mass is 10.2. The second-order valence-electron chi connectivity index (χ2n) is 6.24. The Kier molecular flexibility index (Phi) is 7.06. The number of carbonyl (C=O) groups excluding carboxylic acids is 1. The molecule has 0 bridgehead atoms. The Balaban J connectivity index is 2.17. The van der Waals surface area contributed by atoms with Crippen molar-refractivity contribution in [3.63, 3.8) is 0 Å². The standard InChI is InChI=1S/C19H21F3N2O3S/c1-3-10-24(12-18(21)22)19(25)14-4-6-15(7-5-14)23-28(26,27)16-8-9-17(20)13(2)11-16/h4-9,11,18,23H,3,10,12H2,1-2H3. The van der Waals surface area contributed by atoms with Crippen LogP contribution >= 0.6 is 0 Å². The number of alkyl halides is 2. The van der Waals surface area contributed by atoms with Crippen LogP contribution in [0.25, 0.3) is 0 Å². The number of halogens is 3. The quantitative estimate of drug-likeness (QED) is 0.709. The summed E-state index contributed by atoms with van der Waals surface area (Å²) in [4.78, 5) is 13.3. The van der Waals surface area contributed by atoms with Crippen LogP contribution in [0.2, 0.25) is 0 Å². The number of nitrogens with zero attached hydrogens (tertiary/aromatic N) is 1. The van der Waals surface area contributed by atoms with Crippen molar-refractivity contribution >= 4 is 21.6 Å². The van der Waals surface area contributed by atoms with Gasteiger partial charge >= 0.3 is 0 Å².